The lowest BCUT2D eigenvalue weighted by Crippen LogP contribution is -2.39. The maximum Gasteiger partial charge on any atom is 0.0624 e. The molecule has 0 spiro atoms. The average molecular weight is 215 g/mol. The van der Waals surface area contributed by atoms with Gasteiger partial charge in [0.15, 0.2) is 0 Å². The maximum absolute atomic E-state index is 9.78. The van der Waals surface area contributed by atoms with Crippen LogP contribution >= 0.6 is 0 Å². The van der Waals surface area contributed by atoms with Crippen molar-refractivity contribution in [3.05, 3.63) is 0 Å². The first-order valence-electron chi connectivity index (χ1n) is 6.18. The SMILES string of the molecule is CCCCCN(C)CC1COCCC1O. The summed E-state index contributed by atoms with van der Waals surface area (Å²) in [5.41, 5.74) is 0. The molecule has 1 aliphatic heterocycles. The van der Waals surface area contributed by atoms with Crippen LogP contribution in [0.15, 0.2) is 0 Å². The standard InChI is InChI=1S/C12H25NO2/c1-3-4-5-7-13(2)9-11-10-15-8-6-12(11)14/h11-12,14H,3-10H2,1-2H3. The summed E-state index contributed by atoms with van der Waals surface area (Å²) in [4.78, 5) is 2.32. The Hall–Kier alpha value is -0.120. The van der Waals surface area contributed by atoms with E-state index in [1.807, 2.05) is 0 Å². The molecule has 0 aromatic carbocycles. The van der Waals surface area contributed by atoms with Crippen LogP contribution in [0.3, 0.4) is 0 Å². The highest BCUT2D eigenvalue weighted by molar-refractivity contribution is 4.75. The summed E-state index contributed by atoms with van der Waals surface area (Å²) in [6.45, 7) is 5.76. The summed E-state index contributed by atoms with van der Waals surface area (Å²) in [5.74, 6) is 0.311. The van der Waals surface area contributed by atoms with E-state index < -0.39 is 0 Å². The molecule has 0 aromatic rings. The highest BCUT2D eigenvalue weighted by Crippen LogP contribution is 2.15. The van der Waals surface area contributed by atoms with Gasteiger partial charge in [0.1, 0.15) is 0 Å². The fourth-order valence-corrected chi connectivity index (χ4v) is 2.08. The highest BCUT2D eigenvalue weighted by atomic mass is 16.5. The fourth-order valence-electron chi connectivity index (χ4n) is 2.08. The lowest BCUT2D eigenvalue weighted by Gasteiger charge is -2.31. The van der Waals surface area contributed by atoms with Gasteiger partial charge in [0.05, 0.1) is 12.7 Å². The van der Waals surface area contributed by atoms with Crippen molar-refractivity contribution < 1.29 is 9.84 Å². The number of hydrogen-bond donors (Lipinski definition) is 1. The molecular weight excluding hydrogens is 190 g/mol. The number of rotatable bonds is 6. The summed E-state index contributed by atoms with van der Waals surface area (Å²) in [6, 6.07) is 0. The van der Waals surface area contributed by atoms with Crippen LogP contribution in [0.2, 0.25) is 0 Å². The predicted octanol–water partition coefficient (Wildman–Crippen LogP) is 1.51. The van der Waals surface area contributed by atoms with Gasteiger partial charge in [-0.05, 0) is 26.4 Å². The molecule has 1 fully saturated rings. The van der Waals surface area contributed by atoms with Gasteiger partial charge in [-0.25, -0.2) is 0 Å². The minimum absolute atomic E-state index is 0.160. The van der Waals surface area contributed by atoms with Gasteiger partial charge in [0, 0.05) is 19.1 Å². The molecular formula is C12H25NO2. The van der Waals surface area contributed by atoms with Crippen molar-refractivity contribution in [2.45, 2.75) is 38.7 Å². The lowest BCUT2D eigenvalue weighted by molar-refractivity contribution is -0.0445. The van der Waals surface area contributed by atoms with E-state index in [1.165, 1.54) is 19.3 Å². The Kier molecular flexibility index (Phi) is 6.22. The van der Waals surface area contributed by atoms with Gasteiger partial charge in [0.2, 0.25) is 0 Å². The third-order valence-corrected chi connectivity index (χ3v) is 3.12. The second-order valence-corrected chi connectivity index (χ2v) is 4.66. The number of ether oxygens (including phenoxy) is 1. The largest absolute Gasteiger partial charge is 0.393 e. The number of unbranched alkanes of at least 4 members (excludes halogenated alkanes) is 2. The van der Waals surface area contributed by atoms with E-state index >= 15 is 0 Å². The van der Waals surface area contributed by atoms with Crippen molar-refractivity contribution in [2.24, 2.45) is 5.92 Å². The lowest BCUT2D eigenvalue weighted by atomic mass is 9.98. The minimum atomic E-state index is -0.160. The quantitative estimate of drug-likeness (QED) is 0.682. The van der Waals surface area contributed by atoms with Gasteiger partial charge >= 0.3 is 0 Å². The first kappa shape index (κ1) is 12.9. The van der Waals surface area contributed by atoms with Crippen molar-refractivity contribution in [1.82, 2.24) is 4.90 Å². The molecule has 0 aliphatic carbocycles. The second-order valence-electron chi connectivity index (χ2n) is 4.66. The monoisotopic (exact) mass is 215 g/mol. The number of hydrogen-bond acceptors (Lipinski definition) is 3. The third-order valence-electron chi connectivity index (χ3n) is 3.12. The molecule has 0 radical (unpaired) electrons. The number of aliphatic hydroxyl groups is 1. The molecule has 1 aliphatic rings. The number of aliphatic hydroxyl groups excluding tert-OH is 1. The first-order chi connectivity index (χ1) is 7.24. The van der Waals surface area contributed by atoms with Crippen LogP contribution in [0.5, 0.6) is 0 Å². The zero-order chi connectivity index (χ0) is 11.1. The van der Waals surface area contributed by atoms with Crippen molar-refractivity contribution in [3.63, 3.8) is 0 Å². The summed E-state index contributed by atoms with van der Waals surface area (Å²) < 4.78 is 5.39. The molecule has 2 atom stereocenters. The van der Waals surface area contributed by atoms with Crippen molar-refractivity contribution in [2.75, 3.05) is 33.4 Å². The molecule has 1 N–H and O–H groups in total. The molecule has 90 valence electrons. The molecule has 0 bridgehead atoms. The van der Waals surface area contributed by atoms with Crippen molar-refractivity contribution >= 4 is 0 Å². The molecule has 1 saturated heterocycles. The van der Waals surface area contributed by atoms with Gasteiger partial charge in [-0.1, -0.05) is 19.8 Å². The fraction of sp³-hybridized carbons (Fsp3) is 1.00. The molecule has 0 aromatic heterocycles. The highest BCUT2D eigenvalue weighted by Gasteiger charge is 2.24. The van der Waals surface area contributed by atoms with Crippen molar-refractivity contribution in [3.8, 4) is 0 Å². The van der Waals surface area contributed by atoms with Gasteiger partial charge < -0.3 is 14.7 Å². The van der Waals surface area contributed by atoms with Crippen LogP contribution in [0.4, 0.5) is 0 Å². The van der Waals surface area contributed by atoms with Gasteiger partial charge in [-0.15, -0.1) is 0 Å². The Bertz CT molecular complexity index is 164. The Morgan fingerprint density at radius 3 is 2.87 bits per heavy atom. The van der Waals surface area contributed by atoms with E-state index in [0.717, 1.165) is 32.7 Å². The molecule has 2 unspecified atom stereocenters. The van der Waals surface area contributed by atoms with E-state index in [-0.39, 0.29) is 6.10 Å². The maximum atomic E-state index is 9.78. The average Bonchev–Trinajstić information content (AvgIpc) is 2.22. The van der Waals surface area contributed by atoms with Crippen LogP contribution in [0, 0.1) is 5.92 Å². The summed E-state index contributed by atoms with van der Waals surface area (Å²) >= 11 is 0. The van der Waals surface area contributed by atoms with Gasteiger partial charge in [0.25, 0.3) is 0 Å². The van der Waals surface area contributed by atoms with Crippen LogP contribution < -0.4 is 0 Å². The van der Waals surface area contributed by atoms with Crippen LogP contribution in [-0.2, 0) is 4.74 Å². The summed E-state index contributed by atoms with van der Waals surface area (Å²) in [7, 11) is 2.14. The minimum Gasteiger partial charge on any atom is -0.393 e. The Balaban J connectivity index is 2.15. The Labute approximate surface area is 93.4 Å². The zero-order valence-corrected chi connectivity index (χ0v) is 10.1. The van der Waals surface area contributed by atoms with Crippen LogP contribution in [-0.4, -0.2) is 49.5 Å². The van der Waals surface area contributed by atoms with E-state index in [4.69, 9.17) is 4.74 Å². The van der Waals surface area contributed by atoms with Gasteiger partial charge in [-0.3, -0.25) is 0 Å². The van der Waals surface area contributed by atoms with E-state index in [2.05, 4.69) is 18.9 Å². The molecule has 0 saturated carbocycles. The molecule has 3 nitrogen and oxygen atoms in total. The zero-order valence-electron chi connectivity index (χ0n) is 10.1. The van der Waals surface area contributed by atoms with Crippen molar-refractivity contribution in [1.29, 1.82) is 0 Å². The first-order valence-corrected chi connectivity index (χ1v) is 6.18. The second kappa shape index (κ2) is 7.20. The normalized spacial score (nSPS) is 27.2. The van der Waals surface area contributed by atoms with Crippen LogP contribution in [0.25, 0.3) is 0 Å². The molecule has 1 heterocycles. The summed E-state index contributed by atoms with van der Waals surface area (Å²) in [5, 5.41) is 9.78. The summed E-state index contributed by atoms with van der Waals surface area (Å²) in [6.07, 6.45) is 4.47. The molecule has 3 heteroatoms. The molecule has 1 rings (SSSR count). The van der Waals surface area contributed by atoms with Crippen LogP contribution in [0.1, 0.15) is 32.6 Å². The number of nitrogens with zero attached hydrogens (tertiary/aromatic N) is 1. The van der Waals surface area contributed by atoms with E-state index in [9.17, 15) is 5.11 Å². The smallest absolute Gasteiger partial charge is 0.0624 e. The van der Waals surface area contributed by atoms with Gasteiger partial charge in [-0.2, -0.15) is 0 Å². The third kappa shape index (κ3) is 4.96. The Morgan fingerprint density at radius 1 is 1.40 bits per heavy atom. The molecule has 0 amide bonds. The topological polar surface area (TPSA) is 32.7 Å². The molecule has 15 heavy (non-hydrogen) atoms. The predicted molar refractivity (Wildman–Crippen MR) is 62.0 cm³/mol. The Morgan fingerprint density at radius 2 is 2.20 bits per heavy atom. The van der Waals surface area contributed by atoms with E-state index in [1.54, 1.807) is 0 Å². The van der Waals surface area contributed by atoms with E-state index in [0.29, 0.717) is 5.92 Å².